The van der Waals surface area contributed by atoms with E-state index in [0.29, 0.717) is 0 Å². The minimum atomic E-state index is 1.22. The summed E-state index contributed by atoms with van der Waals surface area (Å²) in [6.07, 6.45) is 4.03. The highest BCUT2D eigenvalue weighted by Crippen LogP contribution is 1.84. The van der Waals surface area contributed by atoms with E-state index in [1.54, 1.807) is 0 Å². The molecule has 9 heavy (non-hydrogen) atoms. The Hall–Kier alpha value is 0.177. The summed E-state index contributed by atoms with van der Waals surface area (Å²) in [7, 11) is 1.37. The van der Waals surface area contributed by atoms with Gasteiger partial charge in [-0.15, -0.1) is 0 Å². The SMILES string of the molecule is CCCCNCCC[SiH3]. The fourth-order valence-corrected chi connectivity index (χ4v) is 1.08. The number of rotatable bonds is 6. The van der Waals surface area contributed by atoms with Crippen LogP contribution in [0.3, 0.4) is 0 Å². The summed E-state index contributed by atoms with van der Waals surface area (Å²) in [4.78, 5) is 0. The van der Waals surface area contributed by atoms with Gasteiger partial charge in [0.2, 0.25) is 0 Å². The van der Waals surface area contributed by atoms with Gasteiger partial charge in [-0.3, -0.25) is 0 Å². The highest BCUT2D eigenvalue weighted by Gasteiger charge is 1.83. The van der Waals surface area contributed by atoms with Gasteiger partial charge in [-0.1, -0.05) is 19.4 Å². The molecule has 0 aromatic rings. The standard InChI is InChI=1S/C7H19NSi/c1-2-3-5-8-6-4-7-9/h8H,2-7H2,1,9H3. The second kappa shape index (κ2) is 8.18. The van der Waals surface area contributed by atoms with Crippen LogP contribution < -0.4 is 5.32 Å². The van der Waals surface area contributed by atoms with Crippen molar-refractivity contribution in [3.05, 3.63) is 0 Å². The number of unbranched alkanes of at least 4 members (excludes halogenated alkanes) is 1. The van der Waals surface area contributed by atoms with E-state index in [9.17, 15) is 0 Å². The lowest BCUT2D eigenvalue weighted by Gasteiger charge is -1.99. The summed E-state index contributed by atoms with van der Waals surface area (Å²) < 4.78 is 0. The zero-order valence-corrected chi connectivity index (χ0v) is 8.74. The topological polar surface area (TPSA) is 12.0 Å². The Labute approximate surface area is 61.6 Å². The zero-order chi connectivity index (χ0) is 6.95. The molecule has 0 saturated carbocycles. The van der Waals surface area contributed by atoms with Gasteiger partial charge < -0.3 is 5.32 Å². The molecule has 0 aromatic carbocycles. The second-order valence-electron chi connectivity index (χ2n) is 2.46. The monoisotopic (exact) mass is 145 g/mol. The van der Waals surface area contributed by atoms with Crippen molar-refractivity contribution in [3.8, 4) is 0 Å². The van der Waals surface area contributed by atoms with E-state index in [1.165, 1.54) is 48.6 Å². The van der Waals surface area contributed by atoms with Gasteiger partial charge in [0.1, 0.15) is 0 Å². The average Bonchev–Trinajstić information content (AvgIpc) is 1.89. The lowest BCUT2D eigenvalue weighted by atomic mass is 10.3. The van der Waals surface area contributed by atoms with Crippen LogP contribution in [0.1, 0.15) is 26.2 Å². The smallest absolute Gasteiger partial charge is 0.00286 e. The summed E-state index contributed by atoms with van der Waals surface area (Å²) in [5.41, 5.74) is 0. The largest absolute Gasteiger partial charge is 0.317 e. The molecule has 0 radical (unpaired) electrons. The van der Waals surface area contributed by atoms with Gasteiger partial charge in [-0.25, -0.2) is 0 Å². The van der Waals surface area contributed by atoms with E-state index in [1.807, 2.05) is 0 Å². The van der Waals surface area contributed by atoms with Crippen molar-refractivity contribution < 1.29 is 0 Å². The zero-order valence-electron chi connectivity index (χ0n) is 6.74. The molecule has 0 bridgehead atoms. The van der Waals surface area contributed by atoms with Crippen molar-refractivity contribution in [2.24, 2.45) is 0 Å². The lowest BCUT2D eigenvalue weighted by molar-refractivity contribution is 0.633. The van der Waals surface area contributed by atoms with Crippen LogP contribution in [0.5, 0.6) is 0 Å². The molecule has 0 atom stereocenters. The maximum Gasteiger partial charge on any atom is 0.00286 e. The maximum atomic E-state index is 3.41. The van der Waals surface area contributed by atoms with Gasteiger partial charge in [0.05, 0.1) is 0 Å². The molecule has 0 aliphatic rings. The molecule has 2 heteroatoms. The van der Waals surface area contributed by atoms with Crippen molar-refractivity contribution in [1.82, 2.24) is 5.32 Å². The van der Waals surface area contributed by atoms with Crippen LogP contribution in [0.25, 0.3) is 0 Å². The van der Waals surface area contributed by atoms with Crippen molar-refractivity contribution in [1.29, 1.82) is 0 Å². The van der Waals surface area contributed by atoms with Crippen molar-refractivity contribution >= 4 is 10.2 Å². The predicted octanol–water partition coefficient (Wildman–Crippen LogP) is 0.550. The molecule has 0 amide bonds. The quantitative estimate of drug-likeness (QED) is 0.425. The average molecular weight is 145 g/mol. The van der Waals surface area contributed by atoms with Crippen LogP contribution in [-0.4, -0.2) is 23.3 Å². The molecular formula is C7H19NSi. The van der Waals surface area contributed by atoms with Crippen LogP contribution in [0, 0.1) is 0 Å². The molecule has 0 rings (SSSR count). The van der Waals surface area contributed by atoms with Gasteiger partial charge in [0.25, 0.3) is 0 Å². The predicted molar refractivity (Wildman–Crippen MR) is 47.1 cm³/mol. The van der Waals surface area contributed by atoms with Crippen LogP contribution in [0.2, 0.25) is 6.04 Å². The molecular weight excluding hydrogens is 126 g/mol. The van der Waals surface area contributed by atoms with Crippen molar-refractivity contribution in [2.45, 2.75) is 32.2 Å². The van der Waals surface area contributed by atoms with E-state index in [-0.39, 0.29) is 0 Å². The fraction of sp³-hybridized carbons (Fsp3) is 1.00. The third-order valence-electron chi connectivity index (χ3n) is 1.41. The third-order valence-corrected chi connectivity index (χ3v) is 2.12. The third kappa shape index (κ3) is 8.18. The molecule has 1 N–H and O–H groups in total. The molecule has 0 aliphatic carbocycles. The van der Waals surface area contributed by atoms with Gasteiger partial charge in [-0.05, 0) is 25.9 Å². The Bertz CT molecular complexity index is 42.2. The summed E-state index contributed by atoms with van der Waals surface area (Å²) in [5.74, 6) is 0. The summed E-state index contributed by atoms with van der Waals surface area (Å²) in [5, 5.41) is 3.41. The first-order chi connectivity index (χ1) is 4.41. The number of hydrogen-bond donors (Lipinski definition) is 1. The van der Waals surface area contributed by atoms with Crippen LogP contribution in [0.4, 0.5) is 0 Å². The van der Waals surface area contributed by atoms with E-state index in [2.05, 4.69) is 12.2 Å². The first kappa shape index (κ1) is 9.18. The summed E-state index contributed by atoms with van der Waals surface area (Å²) in [6, 6.07) is 1.44. The maximum absolute atomic E-state index is 3.41. The van der Waals surface area contributed by atoms with Crippen LogP contribution >= 0.6 is 0 Å². The lowest BCUT2D eigenvalue weighted by Crippen LogP contribution is -2.16. The van der Waals surface area contributed by atoms with E-state index < -0.39 is 0 Å². The van der Waals surface area contributed by atoms with E-state index in [0.717, 1.165) is 0 Å². The molecule has 0 heterocycles. The molecule has 56 valence electrons. The first-order valence-electron chi connectivity index (χ1n) is 4.12. The highest BCUT2D eigenvalue weighted by molar-refractivity contribution is 6.08. The Kier molecular flexibility index (Phi) is 8.34. The minimum Gasteiger partial charge on any atom is -0.317 e. The molecule has 1 nitrogen and oxygen atoms in total. The molecule has 0 aromatic heterocycles. The molecule has 0 fully saturated rings. The Morgan fingerprint density at radius 3 is 2.44 bits per heavy atom. The molecule has 0 spiro atoms. The first-order valence-corrected chi connectivity index (χ1v) is 5.54. The van der Waals surface area contributed by atoms with Gasteiger partial charge in [0.15, 0.2) is 0 Å². The van der Waals surface area contributed by atoms with E-state index in [4.69, 9.17) is 0 Å². The molecule has 0 saturated heterocycles. The van der Waals surface area contributed by atoms with Gasteiger partial charge in [-0.2, -0.15) is 0 Å². The Balaban J connectivity index is 2.60. The van der Waals surface area contributed by atoms with Gasteiger partial charge in [0, 0.05) is 10.2 Å². The fourth-order valence-electron chi connectivity index (χ4n) is 0.729. The number of hydrogen-bond acceptors (Lipinski definition) is 1. The minimum absolute atomic E-state index is 1.22. The molecule has 0 unspecified atom stereocenters. The summed E-state index contributed by atoms with van der Waals surface area (Å²) >= 11 is 0. The van der Waals surface area contributed by atoms with Crippen molar-refractivity contribution in [3.63, 3.8) is 0 Å². The summed E-state index contributed by atoms with van der Waals surface area (Å²) in [6.45, 7) is 4.69. The Morgan fingerprint density at radius 1 is 1.22 bits per heavy atom. The highest BCUT2D eigenvalue weighted by atomic mass is 28.1. The van der Waals surface area contributed by atoms with Crippen LogP contribution in [0.15, 0.2) is 0 Å². The number of nitrogens with one attached hydrogen (secondary N) is 1. The normalized spacial score (nSPS) is 10.3. The van der Waals surface area contributed by atoms with Crippen molar-refractivity contribution in [2.75, 3.05) is 13.1 Å². The van der Waals surface area contributed by atoms with Crippen LogP contribution in [-0.2, 0) is 0 Å². The second-order valence-corrected chi connectivity index (χ2v) is 3.46. The Morgan fingerprint density at radius 2 is 1.89 bits per heavy atom. The molecule has 0 aliphatic heterocycles. The van der Waals surface area contributed by atoms with E-state index >= 15 is 0 Å². The van der Waals surface area contributed by atoms with Gasteiger partial charge >= 0.3 is 0 Å².